The first kappa shape index (κ1) is 16.4. The lowest BCUT2D eigenvalue weighted by Crippen LogP contribution is -2.39. The molecular formula is C18H25N3OS. The van der Waals surface area contributed by atoms with Gasteiger partial charge in [-0.05, 0) is 63.8 Å². The highest BCUT2D eigenvalue weighted by atomic mass is 32.1. The Balaban J connectivity index is 1.54. The van der Waals surface area contributed by atoms with E-state index in [0.717, 1.165) is 41.7 Å². The molecule has 1 aliphatic heterocycles. The number of aromatic nitrogens is 2. The molecule has 1 aromatic carbocycles. The van der Waals surface area contributed by atoms with Crippen molar-refractivity contribution in [2.45, 2.75) is 52.7 Å². The molecule has 0 spiro atoms. The Morgan fingerprint density at radius 1 is 1.13 bits per heavy atom. The second-order valence-electron chi connectivity index (χ2n) is 6.43. The van der Waals surface area contributed by atoms with Crippen molar-refractivity contribution in [2.75, 3.05) is 13.1 Å². The predicted molar refractivity (Wildman–Crippen MR) is 94.2 cm³/mol. The average Bonchev–Trinajstić information content (AvgIpc) is 2.97. The molecule has 1 saturated heterocycles. The Morgan fingerprint density at radius 3 is 2.48 bits per heavy atom. The normalized spacial score (nSPS) is 18.1. The third-order valence-corrected chi connectivity index (χ3v) is 5.71. The van der Waals surface area contributed by atoms with Gasteiger partial charge in [0.05, 0.1) is 6.04 Å². The number of ether oxygens (including phenoxy) is 1. The number of rotatable bonds is 4. The number of aryl methyl sites for hydroxylation is 3. The molecule has 2 aromatic rings. The van der Waals surface area contributed by atoms with E-state index in [2.05, 4.69) is 54.1 Å². The van der Waals surface area contributed by atoms with Crippen LogP contribution in [0.15, 0.2) is 18.2 Å². The zero-order chi connectivity index (χ0) is 16.4. The van der Waals surface area contributed by atoms with E-state index >= 15 is 0 Å². The minimum Gasteiger partial charge on any atom is -0.490 e. The summed E-state index contributed by atoms with van der Waals surface area (Å²) in [4.78, 5) is 2.49. The number of piperidine rings is 1. The number of hydrogen-bond acceptors (Lipinski definition) is 5. The van der Waals surface area contributed by atoms with Gasteiger partial charge in [0.2, 0.25) is 0 Å². The van der Waals surface area contributed by atoms with Crippen molar-refractivity contribution >= 4 is 11.3 Å². The average molecular weight is 331 g/mol. The topological polar surface area (TPSA) is 38.2 Å². The minimum atomic E-state index is 0.316. The summed E-state index contributed by atoms with van der Waals surface area (Å²) < 4.78 is 6.18. The highest BCUT2D eigenvalue weighted by molar-refractivity contribution is 7.11. The van der Waals surface area contributed by atoms with E-state index in [1.54, 1.807) is 11.3 Å². The van der Waals surface area contributed by atoms with Crippen LogP contribution in [-0.2, 0) is 0 Å². The van der Waals surface area contributed by atoms with Crippen LogP contribution >= 0.6 is 11.3 Å². The summed E-state index contributed by atoms with van der Waals surface area (Å²) in [5, 5.41) is 10.6. The lowest BCUT2D eigenvalue weighted by atomic mass is 10.1. The number of hydrogen-bond donors (Lipinski definition) is 0. The Kier molecular flexibility index (Phi) is 4.97. The van der Waals surface area contributed by atoms with Gasteiger partial charge in [0.15, 0.2) is 0 Å². The maximum absolute atomic E-state index is 6.18. The third kappa shape index (κ3) is 3.90. The van der Waals surface area contributed by atoms with E-state index in [1.807, 2.05) is 6.92 Å². The lowest BCUT2D eigenvalue weighted by Gasteiger charge is -2.35. The van der Waals surface area contributed by atoms with Crippen molar-refractivity contribution in [3.8, 4) is 5.75 Å². The third-order valence-electron chi connectivity index (χ3n) is 4.70. The van der Waals surface area contributed by atoms with Gasteiger partial charge in [0.25, 0.3) is 0 Å². The van der Waals surface area contributed by atoms with Gasteiger partial charge in [-0.15, -0.1) is 21.5 Å². The molecule has 0 N–H and O–H groups in total. The molecule has 1 fully saturated rings. The van der Waals surface area contributed by atoms with Gasteiger partial charge in [-0.1, -0.05) is 6.07 Å². The first-order valence-electron chi connectivity index (χ1n) is 8.31. The molecule has 23 heavy (non-hydrogen) atoms. The van der Waals surface area contributed by atoms with Gasteiger partial charge < -0.3 is 4.74 Å². The molecule has 1 aliphatic rings. The van der Waals surface area contributed by atoms with Crippen LogP contribution < -0.4 is 4.74 Å². The maximum atomic E-state index is 6.18. The Bertz CT molecular complexity index is 662. The van der Waals surface area contributed by atoms with Crippen LogP contribution in [0.2, 0.25) is 0 Å². The van der Waals surface area contributed by atoms with Crippen molar-refractivity contribution < 1.29 is 4.74 Å². The van der Waals surface area contributed by atoms with Crippen molar-refractivity contribution in [3.05, 3.63) is 39.3 Å². The van der Waals surface area contributed by atoms with E-state index in [4.69, 9.17) is 4.74 Å². The minimum absolute atomic E-state index is 0.316. The van der Waals surface area contributed by atoms with Crippen LogP contribution in [0.3, 0.4) is 0 Å². The maximum Gasteiger partial charge on any atom is 0.134 e. The molecular weight excluding hydrogens is 306 g/mol. The number of likely N-dealkylation sites (tertiary alicyclic amines) is 1. The Hall–Kier alpha value is -1.46. The van der Waals surface area contributed by atoms with Gasteiger partial charge in [-0.25, -0.2) is 0 Å². The number of benzene rings is 1. The number of nitrogens with zero attached hydrogens (tertiary/aromatic N) is 3. The molecule has 4 nitrogen and oxygen atoms in total. The van der Waals surface area contributed by atoms with E-state index in [1.165, 1.54) is 11.1 Å². The van der Waals surface area contributed by atoms with Crippen molar-refractivity contribution in [3.63, 3.8) is 0 Å². The predicted octanol–water partition coefficient (Wildman–Crippen LogP) is 4.07. The highest BCUT2D eigenvalue weighted by Crippen LogP contribution is 2.28. The van der Waals surface area contributed by atoms with Crippen LogP contribution in [0.5, 0.6) is 5.75 Å². The lowest BCUT2D eigenvalue weighted by molar-refractivity contribution is 0.0794. The smallest absolute Gasteiger partial charge is 0.134 e. The first-order valence-corrected chi connectivity index (χ1v) is 9.12. The first-order chi connectivity index (χ1) is 11.0. The molecule has 1 atom stereocenters. The SMILES string of the molecule is Cc1nnc([C@@H](C)N2CCC(Oc3ccc(C)c(C)c3)CC2)s1. The molecule has 0 bridgehead atoms. The monoisotopic (exact) mass is 331 g/mol. The van der Waals surface area contributed by atoms with Gasteiger partial charge >= 0.3 is 0 Å². The van der Waals surface area contributed by atoms with E-state index in [-0.39, 0.29) is 0 Å². The Labute approximate surface area is 142 Å². The zero-order valence-corrected chi connectivity index (χ0v) is 15.2. The standard InChI is InChI=1S/C18H25N3OS/c1-12-5-6-17(11-13(12)2)22-16-7-9-21(10-8-16)14(3)18-20-19-15(4)23-18/h5-6,11,14,16H,7-10H2,1-4H3/t14-/m1/s1. The second-order valence-corrected chi connectivity index (χ2v) is 7.65. The summed E-state index contributed by atoms with van der Waals surface area (Å²) in [6.45, 7) is 10.6. The van der Waals surface area contributed by atoms with Crippen LogP contribution in [0, 0.1) is 20.8 Å². The quantitative estimate of drug-likeness (QED) is 0.846. The van der Waals surface area contributed by atoms with E-state index in [9.17, 15) is 0 Å². The van der Waals surface area contributed by atoms with E-state index < -0.39 is 0 Å². The fourth-order valence-corrected chi connectivity index (χ4v) is 3.78. The fourth-order valence-electron chi connectivity index (χ4n) is 3.00. The van der Waals surface area contributed by atoms with Crippen LogP contribution in [0.25, 0.3) is 0 Å². The molecule has 124 valence electrons. The van der Waals surface area contributed by atoms with Gasteiger partial charge in [0.1, 0.15) is 21.9 Å². The second kappa shape index (κ2) is 6.97. The summed E-state index contributed by atoms with van der Waals surface area (Å²) in [6, 6.07) is 6.72. The molecule has 2 heterocycles. The summed E-state index contributed by atoms with van der Waals surface area (Å²) in [5.74, 6) is 0.999. The zero-order valence-electron chi connectivity index (χ0n) is 14.4. The molecule has 3 rings (SSSR count). The van der Waals surface area contributed by atoms with Gasteiger partial charge in [0, 0.05) is 13.1 Å². The Morgan fingerprint density at radius 2 is 1.87 bits per heavy atom. The summed E-state index contributed by atoms with van der Waals surface area (Å²) in [7, 11) is 0. The molecule has 1 aromatic heterocycles. The summed E-state index contributed by atoms with van der Waals surface area (Å²) in [6.07, 6.45) is 2.45. The molecule has 5 heteroatoms. The fraction of sp³-hybridized carbons (Fsp3) is 0.556. The largest absolute Gasteiger partial charge is 0.490 e. The molecule has 0 unspecified atom stereocenters. The molecule has 0 radical (unpaired) electrons. The molecule has 0 amide bonds. The molecule has 0 aliphatic carbocycles. The highest BCUT2D eigenvalue weighted by Gasteiger charge is 2.26. The summed E-state index contributed by atoms with van der Waals surface area (Å²) >= 11 is 1.70. The van der Waals surface area contributed by atoms with Crippen molar-refractivity contribution in [1.82, 2.24) is 15.1 Å². The van der Waals surface area contributed by atoms with Gasteiger partial charge in [-0.2, -0.15) is 0 Å². The van der Waals surface area contributed by atoms with Crippen LogP contribution in [0.1, 0.15) is 46.9 Å². The van der Waals surface area contributed by atoms with Gasteiger partial charge in [-0.3, -0.25) is 4.90 Å². The van der Waals surface area contributed by atoms with Crippen molar-refractivity contribution in [1.29, 1.82) is 0 Å². The van der Waals surface area contributed by atoms with Crippen LogP contribution in [-0.4, -0.2) is 34.3 Å². The molecule has 0 saturated carbocycles. The van der Waals surface area contributed by atoms with Crippen molar-refractivity contribution in [2.24, 2.45) is 0 Å². The van der Waals surface area contributed by atoms with E-state index in [0.29, 0.717) is 12.1 Å². The summed E-state index contributed by atoms with van der Waals surface area (Å²) in [5.41, 5.74) is 2.61. The van der Waals surface area contributed by atoms with Crippen LogP contribution in [0.4, 0.5) is 0 Å².